The van der Waals surface area contributed by atoms with Crippen molar-refractivity contribution in [1.29, 1.82) is 0 Å². The lowest BCUT2D eigenvalue weighted by molar-refractivity contribution is -0.120. The van der Waals surface area contributed by atoms with Crippen LogP contribution in [0.15, 0.2) is 18.2 Å². The zero-order valence-corrected chi connectivity index (χ0v) is 11.4. The number of amides is 1. The zero-order valence-electron chi connectivity index (χ0n) is 11.4. The number of aromatic nitrogens is 1. The van der Waals surface area contributed by atoms with E-state index in [4.69, 9.17) is 4.74 Å². The number of rotatable bonds is 5. The summed E-state index contributed by atoms with van der Waals surface area (Å²) in [5, 5.41) is 5.83. The van der Waals surface area contributed by atoms with E-state index in [0.717, 1.165) is 0 Å². The lowest BCUT2D eigenvalue weighted by Crippen LogP contribution is -2.43. The van der Waals surface area contributed by atoms with Crippen molar-refractivity contribution < 1.29 is 9.53 Å². The van der Waals surface area contributed by atoms with Gasteiger partial charge in [0, 0.05) is 11.6 Å². The van der Waals surface area contributed by atoms with Crippen molar-refractivity contribution in [2.75, 3.05) is 18.5 Å². The molecule has 0 aromatic carbocycles. The largest absolute Gasteiger partial charge is 0.478 e. The summed E-state index contributed by atoms with van der Waals surface area (Å²) in [5.74, 6) is 1.12. The van der Waals surface area contributed by atoms with Gasteiger partial charge in [-0.05, 0) is 33.8 Å². The number of hydrogen-bond acceptors (Lipinski definition) is 4. The first-order valence-corrected chi connectivity index (χ1v) is 6.05. The molecule has 1 aromatic heterocycles. The zero-order chi connectivity index (χ0) is 13.6. The molecule has 1 heterocycles. The molecule has 0 atom stereocenters. The standard InChI is InChI=1S/C13H21N3O2/c1-5-18-12-8-6-7-10(15-12)14-9-11(17)16-13(2,3)4/h6-8H,5,9H2,1-4H3,(H,14,15)(H,16,17). The average Bonchev–Trinajstić information content (AvgIpc) is 2.25. The van der Waals surface area contributed by atoms with E-state index in [0.29, 0.717) is 18.3 Å². The Morgan fingerprint density at radius 2 is 2.11 bits per heavy atom. The smallest absolute Gasteiger partial charge is 0.239 e. The monoisotopic (exact) mass is 251 g/mol. The van der Waals surface area contributed by atoms with Gasteiger partial charge in [-0.25, -0.2) is 0 Å². The van der Waals surface area contributed by atoms with Crippen LogP contribution in [-0.4, -0.2) is 29.6 Å². The van der Waals surface area contributed by atoms with Crippen LogP contribution >= 0.6 is 0 Å². The molecule has 18 heavy (non-hydrogen) atoms. The Morgan fingerprint density at radius 1 is 1.39 bits per heavy atom. The minimum atomic E-state index is -0.223. The van der Waals surface area contributed by atoms with Gasteiger partial charge in [0.15, 0.2) is 0 Å². The molecule has 0 saturated carbocycles. The molecule has 2 N–H and O–H groups in total. The number of pyridine rings is 1. The second-order valence-corrected chi connectivity index (χ2v) is 4.95. The number of nitrogens with zero attached hydrogens (tertiary/aromatic N) is 1. The Kier molecular flexibility index (Phi) is 4.95. The van der Waals surface area contributed by atoms with Crippen LogP contribution in [0, 0.1) is 0 Å². The second-order valence-electron chi connectivity index (χ2n) is 4.95. The summed E-state index contributed by atoms with van der Waals surface area (Å²) in [6.07, 6.45) is 0. The number of hydrogen-bond donors (Lipinski definition) is 2. The highest BCUT2D eigenvalue weighted by Crippen LogP contribution is 2.10. The molecule has 5 nitrogen and oxygen atoms in total. The van der Waals surface area contributed by atoms with Crippen LogP contribution in [0.5, 0.6) is 5.88 Å². The first-order valence-electron chi connectivity index (χ1n) is 6.05. The minimum absolute atomic E-state index is 0.0638. The van der Waals surface area contributed by atoms with Crippen molar-refractivity contribution in [3.8, 4) is 5.88 Å². The maximum absolute atomic E-state index is 11.6. The first-order chi connectivity index (χ1) is 8.40. The van der Waals surface area contributed by atoms with Gasteiger partial charge in [-0.1, -0.05) is 6.07 Å². The van der Waals surface area contributed by atoms with Crippen LogP contribution < -0.4 is 15.4 Å². The molecular formula is C13H21N3O2. The van der Waals surface area contributed by atoms with Crippen molar-refractivity contribution in [3.05, 3.63) is 18.2 Å². The van der Waals surface area contributed by atoms with Gasteiger partial charge < -0.3 is 15.4 Å². The summed E-state index contributed by atoms with van der Waals surface area (Å²) in [5.41, 5.74) is -0.223. The molecule has 0 radical (unpaired) electrons. The van der Waals surface area contributed by atoms with E-state index in [-0.39, 0.29) is 18.0 Å². The van der Waals surface area contributed by atoms with E-state index in [2.05, 4.69) is 15.6 Å². The maximum Gasteiger partial charge on any atom is 0.239 e. The highest BCUT2D eigenvalue weighted by atomic mass is 16.5. The number of nitrogens with one attached hydrogen (secondary N) is 2. The molecule has 0 fully saturated rings. The van der Waals surface area contributed by atoms with Gasteiger partial charge in [-0.15, -0.1) is 0 Å². The summed E-state index contributed by atoms with van der Waals surface area (Å²) in [4.78, 5) is 15.8. The SMILES string of the molecule is CCOc1cccc(NCC(=O)NC(C)(C)C)n1. The molecule has 0 unspecified atom stereocenters. The van der Waals surface area contributed by atoms with Gasteiger partial charge in [0.25, 0.3) is 0 Å². The van der Waals surface area contributed by atoms with E-state index in [1.54, 1.807) is 12.1 Å². The van der Waals surface area contributed by atoms with E-state index in [9.17, 15) is 4.79 Å². The van der Waals surface area contributed by atoms with E-state index in [1.165, 1.54) is 0 Å². The van der Waals surface area contributed by atoms with Crippen LogP contribution in [0.3, 0.4) is 0 Å². The van der Waals surface area contributed by atoms with E-state index in [1.807, 2.05) is 33.8 Å². The van der Waals surface area contributed by atoms with Gasteiger partial charge in [0.1, 0.15) is 5.82 Å². The van der Waals surface area contributed by atoms with Crippen molar-refractivity contribution in [1.82, 2.24) is 10.3 Å². The third-order valence-corrected chi connectivity index (χ3v) is 1.96. The molecule has 1 aromatic rings. The fraction of sp³-hybridized carbons (Fsp3) is 0.538. The molecule has 0 aliphatic rings. The number of carbonyl (C=O) groups is 1. The number of ether oxygens (including phenoxy) is 1. The molecule has 0 aliphatic carbocycles. The van der Waals surface area contributed by atoms with Crippen molar-refractivity contribution in [2.24, 2.45) is 0 Å². The predicted molar refractivity (Wildman–Crippen MR) is 71.8 cm³/mol. The molecule has 0 bridgehead atoms. The molecule has 5 heteroatoms. The van der Waals surface area contributed by atoms with Gasteiger partial charge in [0.05, 0.1) is 13.2 Å². The summed E-state index contributed by atoms with van der Waals surface area (Å²) in [7, 11) is 0. The molecular weight excluding hydrogens is 230 g/mol. The normalized spacial score (nSPS) is 10.9. The Morgan fingerprint density at radius 3 is 2.72 bits per heavy atom. The van der Waals surface area contributed by atoms with Gasteiger partial charge in [-0.2, -0.15) is 4.98 Å². The van der Waals surface area contributed by atoms with Crippen molar-refractivity contribution >= 4 is 11.7 Å². The summed E-state index contributed by atoms with van der Waals surface area (Å²) in [6, 6.07) is 5.42. The second kappa shape index (κ2) is 6.23. The highest BCUT2D eigenvalue weighted by molar-refractivity contribution is 5.81. The lowest BCUT2D eigenvalue weighted by Gasteiger charge is -2.20. The molecule has 0 aliphatic heterocycles. The first kappa shape index (κ1) is 14.3. The van der Waals surface area contributed by atoms with E-state index < -0.39 is 0 Å². The van der Waals surface area contributed by atoms with Crippen molar-refractivity contribution in [2.45, 2.75) is 33.2 Å². The van der Waals surface area contributed by atoms with Crippen molar-refractivity contribution in [3.63, 3.8) is 0 Å². The Hall–Kier alpha value is -1.78. The third kappa shape index (κ3) is 5.52. The fourth-order valence-corrected chi connectivity index (χ4v) is 1.37. The number of carbonyl (C=O) groups excluding carboxylic acids is 1. The topological polar surface area (TPSA) is 63.2 Å². The Labute approximate surface area is 108 Å². The molecule has 1 rings (SSSR count). The fourth-order valence-electron chi connectivity index (χ4n) is 1.37. The van der Waals surface area contributed by atoms with E-state index >= 15 is 0 Å². The Bertz CT molecular complexity index is 399. The summed E-state index contributed by atoms with van der Waals surface area (Å²) in [6.45, 7) is 8.50. The molecule has 0 saturated heterocycles. The van der Waals surface area contributed by atoms with Crippen LogP contribution in [0.25, 0.3) is 0 Å². The van der Waals surface area contributed by atoms with Crippen LogP contribution in [-0.2, 0) is 4.79 Å². The molecule has 100 valence electrons. The van der Waals surface area contributed by atoms with Gasteiger partial charge in [-0.3, -0.25) is 4.79 Å². The van der Waals surface area contributed by atoms with Crippen LogP contribution in [0.4, 0.5) is 5.82 Å². The maximum atomic E-state index is 11.6. The highest BCUT2D eigenvalue weighted by Gasteiger charge is 2.13. The molecule has 0 spiro atoms. The quantitative estimate of drug-likeness (QED) is 0.837. The van der Waals surface area contributed by atoms with Crippen LogP contribution in [0.2, 0.25) is 0 Å². The number of anilines is 1. The van der Waals surface area contributed by atoms with Crippen LogP contribution in [0.1, 0.15) is 27.7 Å². The van der Waals surface area contributed by atoms with Gasteiger partial charge >= 0.3 is 0 Å². The summed E-state index contributed by atoms with van der Waals surface area (Å²) >= 11 is 0. The van der Waals surface area contributed by atoms with Gasteiger partial charge in [0.2, 0.25) is 11.8 Å². The minimum Gasteiger partial charge on any atom is -0.478 e. The molecule has 1 amide bonds. The Balaban J connectivity index is 2.48. The predicted octanol–water partition coefficient (Wildman–Crippen LogP) is 1.81. The average molecular weight is 251 g/mol. The lowest BCUT2D eigenvalue weighted by atomic mass is 10.1. The summed E-state index contributed by atoms with van der Waals surface area (Å²) < 4.78 is 5.28. The third-order valence-electron chi connectivity index (χ3n) is 1.96.